The van der Waals surface area contributed by atoms with Gasteiger partial charge in [-0.3, -0.25) is 4.79 Å². The van der Waals surface area contributed by atoms with Crippen LogP contribution in [0.3, 0.4) is 0 Å². The summed E-state index contributed by atoms with van der Waals surface area (Å²) in [5.74, 6) is 0.0102. The highest BCUT2D eigenvalue weighted by Crippen LogP contribution is 2.24. The highest BCUT2D eigenvalue weighted by molar-refractivity contribution is 7.89. The fourth-order valence-corrected chi connectivity index (χ4v) is 5.38. The molecule has 3 heterocycles. The SMILES string of the molecule is O=C(c1nc(-c2ccc(S(=O)(=O)N3CCCCCC3)cc2)no1)N1CCCCC1. The summed E-state index contributed by atoms with van der Waals surface area (Å²) in [6.07, 6.45) is 7.04. The van der Waals surface area contributed by atoms with Crippen molar-refractivity contribution in [3.8, 4) is 11.4 Å². The number of hydrogen-bond acceptors (Lipinski definition) is 6. The Balaban J connectivity index is 1.49. The van der Waals surface area contributed by atoms with Gasteiger partial charge in [-0.25, -0.2) is 8.42 Å². The van der Waals surface area contributed by atoms with Crippen LogP contribution in [-0.2, 0) is 10.0 Å². The lowest BCUT2D eigenvalue weighted by molar-refractivity contribution is 0.0674. The summed E-state index contributed by atoms with van der Waals surface area (Å²) in [6.45, 7) is 2.55. The van der Waals surface area contributed by atoms with Crippen molar-refractivity contribution < 1.29 is 17.7 Å². The minimum atomic E-state index is -3.50. The Bertz CT molecular complexity index is 941. The van der Waals surface area contributed by atoms with Crippen molar-refractivity contribution in [1.29, 1.82) is 0 Å². The Kier molecular flexibility index (Phi) is 5.96. The first-order valence-electron chi connectivity index (χ1n) is 10.3. The normalized spacial score (nSPS) is 19.1. The smallest absolute Gasteiger partial charge is 0.316 e. The number of benzene rings is 1. The molecule has 1 aromatic heterocycles. The van der Waals surface area contributed by atoms with Gasteiger partial charge in [-0.15, -0.1) is 0 Å². The topological polar surface area (TPSA) is 96.6 Å². The van der Waals surface area contributed by atoms with Gasteiger partial charge in [0.25, 0.3) is 0 Å². The summed E-state index contributed by atoms with van der Waals surface area (Å²) in [4.78, 5) is 18.7. The molecular weight excluding hydrogens is 392 g/mol. The molecule has 4 rings (SSSR count). The first-order valence-corrected chi connectivity index (χ1v) is 11.7. The Morgan fingerprint density at radius 2 is 1.45 bits per heavy atom. The van der Waals surface area contributed by atoms with E-state index in [-0.39, 0.29) is 22.5 Å². The number of rotatable bonds is 4. The van der Waals surface area contributed by atoms with Gasteiger partial charge in [0.15, 0.2) is 0 Å². The van der Waals surface area contributed by atoms with E-state index in [1.807, 2.05) is 0 Å². The Hall–Kier alpha value is -2.26. The van der Waals surface area contributed by atoms with Crippen LogP contribution in [0.2, 0.25) is 0 Å². The second kappa shape index (κ2) is 8.62. The number of sulfonamides is 1. The van der Waals surface area contributed by atoms with Gasteiger partial charge < -0.3 is 9.42 Å². The molecule has 9 heteroatoms. The number of aromatic nitrogens is 2. The van der Waals surface area contributed by atoms with Gasteiger partial charge in [0.2, 0.25) is 15.8 Å². The molecule has 0 unspecified atom stereocenters. The van der Waals surface area contributed by atoms with Gasteiger partial charge in [-0.2, -0.15) is 9.29 Å². The second-order valence-electron chi connectivity index (χ2n) is 7.62. The minimum Gasteiger partial charge on any atom is -0.334 e. The van der Waals surface area contributed by atoms with E-state index in [4.69, 9.17) is 4.52 Å². The molecule has 0 N–H and O–H groups in total. The minimum absolute atomic E-state index is 0.0248. The molecule has 0 atom stereocenters. The van der Waals surface area contributed by atoms with Gasteiger partial charge >= 0.3 is 11.8 Å². The third-order valence-corrected chi connectivity index (χ3v) is 7.48. The summed E-state index contributed by atoms with van der Waals surface area (Å²) in [6, 6.07) is 6.45. The van der Waals surface area contributed by atoms with Crippen LogP contribution in [0.15, 0.2) is 33.7 Å². The van der Waals surface area contributed by atoms with Gasteiger partial charge in [-0.1, -0.05) is 18.0 Å². The lowest BCUT2D eigenvalue weighted by atomic mass is 10.1. The summed E-state index contributed by atoms with van der Waals surface area (Å²) >= 11 is 0. The third kappa shape index (κ3) is 4.35. The summed E-state index contributed by atoms with van der Waals surface area (Å²) in [5, 5.41) is 3.90. The van der Waals surface area contributed by atoms with Crippen molar-refractivity contribution in [1.82, 2.24) is 19.3 Å². The molecule has 2 aliphatic rings. The van der Waals surface area contributed by atoms with Gasteiger partial charge in [0, 0.05) is 31.7 Å². The van der Waals surface area contributed by atoms with Crippen LogP contribution in [0.5, 0.6) is 0 Å². The fourth-order valence-electron chi connectivity index (χ4n) is 3.87. The van der Waals surface area contributed by atoms with Crippen LogP contribution in [0.1, 0.15) is 55.6 Å². The van der Waals surface area contributed by atoms with Crippen LogP contribution in [0.25, 0.3) is 11.4 Å². The van der Waals surface area contributed by atoms with Crippen LogP contribution < -0.4 is 0 Å². The van der Waals surface area contributed by atoms with Gasteiger partial charge in [0.1, 0.15) is 0 Å². The molecule has 29 heavy (non-hydrogen) atoms. The zero-order valence-corrected chi connectivity index (χ0v) is 17.2. The van der Waals surface area contributed by atoms with Gasteiger partial charge in [-0.05, 0) is 56.4 Å². The summed E-state index contributed by atoms with van der Waals surface area (Å²) in [5.41, 5.74) is 0.612. The Labute approximate surface area is 170 Å². The van der Waals surface area contributed by atoms with Gasteiger partial charge in [0.05, 0.1) is 4.90 Å². The zero-order valence-electron chi connectivity index (χ0n) is 16.4. The average Bonchev–Trinajstić information content (AvgIpc) is 3.08. The fraction of sp³-hybridized carbons (Fsp3) is 0.550. The maximum Gasteiger partial charge on any atom is 0.316 e. The van der Waals surface area contributed by atoms with Crippen molar-refractivity contribution >= 4 is 15.9 Å². The lowest BCUT2D eigenvalue weighted by Crippen LogP contribution is -2.35. The first kappa shape index (κ1) is 20.0. The van der Waals surface area contributed by atoms with Crippen molar-refractivity contribution in [3.63, 3.8) is 0 Å². The van der Waals surface area contributed by atoms with Crippen LogP contribution in [0.4, 0.5) is 0 Å². The van der Waals surface area contributed by atoms with E-state index in [0.29, 0.717) is 31.7 Å². The van der Waals surface area contributed by atoms with Crippen molar-refractivity contribution in [3.05, 3.63) is 30.2 Å². The Morgan fingerprint density at radius 1 is 0.862 bits per heavy atom. The highest BCUT2D eigenvalue weighted by Gasteiger charge is 2.26. The van der Waals surface area contributed by atoms with E-state index in [2.05, 4.69) is 10.1 Å². The van der Waals surface area contributed by atoms with E-state index in [0.717, 1.165) is 44.9 Å². The number of piperidine rings is 1. The maximum absolute atomic E-state index is 12.9. The van der Waals surface area contributed by atoms with E-state index in [9.17, 15) is 13.2 Å². The van der Waals surface area contributed by atoms with E-state index in [1.165, 1.54) is 0 Å². The molecule has 2 aromatic rings. The average molecular weight is 419 g/mol. The highest BCUT2D eigenvalue weighted by atomic mass is 32.2. The third-order valence-electron chi connectivity index (χ3n) is 5.57. The molecule has 1 amide bonds. The van der Waals surface area contributed by atoms with Crippen molar-refractivity contribution in [2.45, 2.75) is 49.8 Å². The quantitative estimate of drug-likeness (QED) is 0.757. The molecule has 2 saturated heterocycles. The van der Waals surface area contributed by atoms with E-state index >= 15 is 0 Å². The standard InChI is InChI=1S/C20H26N4O4S/c25-20(23-12-4-3-5-13-23)19-21-18(22-28-19)16-8-10-17(11-9-16)29(26,27)24-14-6-1-2-7-15-24/h8-11H,1-7,12-15H2. The maximum atomic E-state index is 12.9. The molecule has 0 spiro atoms. The summed E-state index contributed by atoms with van der Waals surface area (Å²) in [7, 11) is -3.50. The predicted octanol–water partition coefficient (Wildman–Crippen LogP) is 2.93. The molecule has 0 saturated carbocycles. The van der Waals surface area contributed by atoms with Crippen LogP contribution >= 0.6 is 0 Å². The molecule has 156 valence electrons. The first-order chi connectivity index (χ1) is 14.1. The Morgan fingerprint density at radius 3 is 2.10 bits per heavy atom. The second-order valence-corrected chi connectivity index (χ2v) is 9.56. The van der Waals surface area contributed by atoms with Crippen LogP contribution in [-0.4, -0.2) is 59.8 Å². The van der Waals surface area contributed by atoms with E-state index < -0.39 is 10.0 Å². The number of carbonyl (C=O) groups is 1. The van der Waals surface area contributed by atoms with Crippen molar-refractivity contribution in [2.75, 3.05) is 26.2 Å². The predicted molar refractivity (Wildman–Crippen MR) is 107 cm³/mol. The molecular formula is C20H26N4O4S. The molecule has 8 nitrogen and oxygen atoms in total. The number of amides is 1. The molecule has 1 aromatic carbocycles. The number of carbonyl (C=O) groups excluding carboxylic acids is 1. The molecule has 0 aliphatic carbocycles. The zero-order chi connectivity index (χ0) is 20.3. The molecule has 2 fully saturated rings. The molecule has 2 aliphatic heterocycles. The molecule has 0 radical (unpaired) electrons. The monoisotopic (exact) mass is 418 g/mol. The van der Waals surface area contributed by atoms with E-state index in [1.54, 1.807) is 33.5 Å². The molecule has 0 bridgehead atoms. The van der Waals surface area contributed by atoms with Crippen LogP contribution in [0, 0.1) is 0 Å². The summed E-state index contributed by atoms with van der Waals surface area (Å²) < 4.78 is 32.5. The number of likely N-dealkylation sites (tertiary alicyclic amines) is 1. The number of hydrogen-bond donors (Lipinski definition) is 0. The van der Waals surface area contributed by atoms with Crippen molar-refractivity contribution in [2.24, 2.45) is 0 Å². The number of nitrogens with zero attached hydrogens (tertiary/aromatic N) is 4. The lowest BCUT2D eigenvalue weighted by Gasteiger charge is -2.24. The largest absolute Gasteiger partial charge is 0.334 e.